The van der Waals surface area contributed by atoms with Crippen LogP contribution in [0.5, 0.6) is 0 Å². The van der Waals surface area contributed by atoms with E-state index in [1.165, 1.54) is 6.08 Å². The van der Waals surface area contributed by atoms with Gasteiger partial charge in [0.15, 0.2) is 4.67 Å². The summed E-state index contributed by atoms with van der Waals surface area (Å²) in [6.07, 6.45) is 3.12. The van der Waals surface area contributed by atoms with Crippen LogP contribution >= 0.6 is 15.9 Å². The summed E-state index contributed by atoms with van der Waals surface area (Å²) in [6.45, 7) is 1.43. The van der Waals surface area contributed by atoms with E-state index in [9.17, 15) is 4.79 Å². The quantitative estimate of drug-likeness (QED) is 0.857. The van der Waals surface area contributed by atoms with Crippen molar-refractivity contribution in [3.63, 3.8) is 0 Å². The smallest absolute Gasteiger partial charge is 0.246 e. The van der Waals surface area contributed by atoms with Gasteiger partial charge in [-0.2, -0.15) is 0 Å². The lowest BCUT2D eigenvalue weighted by Gasteiger charge is -2.37. The third-order valence-corrected chi connectivity index (χ3v) is 2.94. The predicted octanol–water partition coefficient (Wildman–Crippen LogP) is 1.51. The maximum absolute atomic E-state index is 11.6. The van der Waals surface area contributed by atoms with E-state index in [-0.39, 0.29) is 18.4 Å². The average Bonchev–Trinajstić information content (AvgIpc) is 2.60. The Morgan fingerprint density at radius 2 is 2.38 bits per heavy atom. The van der Waals surface area contributed by atoms with Crippen molar-refractivity contribution in [1.29, 1.82) is 0 Å². The van der Waals surface area contributed by atoms with Gasteiger partial charge < -0.3 is 14.4 Å². The Hall–Kier alpha value is -1.07. The number of hydrogen-bond acceptors (Lipinski definition) is 3. The lowest BCUT2D eigenvalue weighted by molar-refractivity contribution is -0.132. The Morgan fingerprint density at radius 1 is 1.62 bits per heavy atom. The second-order valence-corrected chi connectivity index (χ2v) is 4.55. The molecular formula is C11H12BrNO3. The van der Waals surface area contributed by atoms with Crippen LogP contribution in [0.2, 0.25) is 0 Å². The van der Waals surface area contributed by atoms with Crippen LogP contribution < -0.4 is 0 Å². The first kappa shape index (κ1) is 11.4. The fourth-order valence-electron chi connectivity index (χ4n) is 1.54. The van der Waals surface area contributed by atoms with E-state index in [1.54, 1.807) is 23.1 Å². The van der Waals surface area contributed by atoms with Gasteiger partial charge >= 0.3 is 0 Å². The van der Waals surface area contributed by atoms with Crippen molar-refractivity contribution in [1.82, 2.24) is 4.90 Å². The van der Waals surface area contributed by atoms with E-state index in [2.05, 4.69) is 15.9 Å². The summed E-state index contributed by atoms with van der Waals surface area (Å²) in [6, 6.07) is 3.55. The van der Waals surface area contributed by atoms with Crippen LogP contribution in [0.15, 0.2) is 27.3 Å². The van der Waals surface area contributed by atoms with Crippen molar-refractivity contribution in [2.45, 2.75) is 0 Å². The maximum atomic E-state index is 11.6. The Labute approximate surface area is 102 Å². The SMILES string of the molecule is O=C(C=Cc1ccc(Br)o1)N1CC(CO)C1. The highest BCUT2D eigenvalue weighted by atomic mass is 79.9. The molecule has 0 bridgehead atoms. The van der Waals surface area contributed by atoms with Gasteiger partial charge in [0, 0.05) is 31.7 Å². The molecule has 16 heavy (non-hydrogen) atoms. The van der Waals surface area contributed by atoms with E-state index in [0.717, 1.165) is 0 Å². The zero-order valence-electron chi connectivity index (χ0n) is 8.60. The minimum atomic E-state index is -0.0442. The molecule has 1 saturated heterocycles. The van der Waals surface area contributed by atoms with Crippen molar-refractivity contribution in [3.05, 3.63) is 28.6 Å². The molecule has 2 rings (SSSR count). The largest absolute Gasteiger partial charge is 0.450 e. The summed E-state index contributed by atoms with van der Waals surface area (Å²) < 4.78 is 5.87. The number of halogens is 1. The molecule has 5 heteroatoms. The van der Waals surface area contributed by atoms with Gasteiger partial charge in [0.25, 0.3) is 0 Å². The van der Waals surface area contributed by atoms with Gasteiger partial charge in [0.05, 0.1) is 0 Å². The number of aliphatic hydroxyl groups excluding tert-OH is 1. The molecule has 1 N–H and O–H groups in total. The molecule has 0 unspecified atom stereocenters. The normalized spacial score (nSPS) is 16.8. The monoisotopic (exact) mass is 285 g/mol. The molecule has 0 aromatic carbocycles. The Bertz CT molecular complexity index is 407. The fraction of sp³-hybridized carbons (Fsp3) is 0.364. The summed E-state index contributed by atoms with van der Waals surface area (Å²) in [5.41, 5.74) is 0. The van der Waals surface area contributed by atoms with Crippen LogP contribution in [0.1, 0.15) is 5.76 Å². The minimum absolute atomic E-state index is 0.0442. The highest BCUT2D eigenvalue weighted by Gasteiger charge is 2.28. The van der Waals surface area contributed by atoms with Crippen LogP contribution in [0, 0.1) is 5.92 Å². The number of hydrogen-bond donors (Lipinski definition) is 1. The lowest BCUT2D eigenvalue weighted by atomic mass is 10.0. The number of carbonyl (C=O) groups excluding carboxylic acids is 1. The van der Waals surface area contributed by atoms with Gasteiger partial charge in [0.1, 0.15) is 5.76 Å². The molecule has 1 aromatic heterocycles. The molecule has 0 saturated carbocycles. The van der Waals surface area contributed by atoms with E-state index >= 15 is 0 Å². The number of furan rings is 1. The van der Waals surface area contributed by atoms with Gasteiger partial charge in [-0.05, 0) is 34.1 Å². The van der Waals surface area contributed by atoms with Crippen LogP contribution in [0.25, 0.3) is 6.08 Å². The second-order valence-electron chi connectivity index (χ2n) is 3.77. The van der Waals surface area contributed by atoms with E-state index in [0.29, 0.717) is 23.5 Å². The van der Waals surface area contributed by atoms with E-state index in [4.69, 9.17) is 9.52 Å². The van der Waals surface area contributed by atoms with Crippen LogP contribution in [-0.2, 0) is 4.79 Å². The topological polar surface area (TPSA) is 53.7 Å². The molecule has 0 radical (unpaired) electrons. The van der Waals surface area contributed by atoms with E-state index < -0.39 is 0 Å². The third-order valence-electron chi connectivity index (χ3n) is 2.51. The first-order valence-electron chi connectivity index (χ1n) is 5.02. The zero-order valence-corrected chi connectivity index (χ0v) is 10.2. The standard InChI is InChI=1S/C11H12BrNO3/c12-10-3-1-9(16-10)2-4-11(15)13-5-8(6-13)7-14/h1-4,8,14H,5-7H2. The summed E-state index contributed by atoms with van der Waals surface area (Å²) in [5, 5.41) is 8.82. The molecule has 1 aromatic rings. The fourth-order valence-corrected chi connectivity index (χ4v) is 1.86. The third kappa shape index (κ3) is 2.54. The molecular weight excluding hydrogens is 274 g/mol. The van der Waals surface area contributed by atoms with Crippen LogP contribution in [0.3, 0.4) is 0 Å². The molecule has 1 aliphatic rings. The van der Waals surface area contributed by atoms with Crippen molar-refractivity contribution in [2.75, 3.05) is 19.7 Å². The summed E-state index contributed by atoms with van der Waals surface area (Å²) in [7, 11) is 0. The number of amides is 1. The number of nitrogens with zero attached hydrogens (tertiary/aromatic N) is 1. The minimum Gasteiger partial charge on any atom is -0.450 e. The molecule has 1 amide bonds. The maximum Gasteiger partial charge on any atom is 0.246 e. The lowest BCUT2D eigenvalue weighted by Crippen LogP contribution is -2.50. The first-order chi connectivity index (χ1) is 7.69. The Kier molecular flexibility index (Phi) is 3.46. The van der Waals surface area contributed by atoms with Crippen molar-refractivity contribution < 1.29 is 14.3 Å². The van der Waals surface area contributed by atoms with Gasteiger partial charge in [-0.1, -0.05) is 0 Å². The van der Waals surface area contributed by atoms with Crippen molar-refractivity contribution in [2.24, 2.45) is 5.92 Å². The predicted molar refractivity (Wildman–Crippen MR) is 62.6 cm³/mol. The summed E-state index contributed by atoms with van der Waals surface area (Å²) in [4.78, 5) is 13.3. The van der Waals surface area contributed by atoms with Gasteiger partial charge in [0.2, 0.25) is 5.91 Å². The number of rotatable bonds is 3. The molecule has 1 aliphatic heterocycles. The van der Waals surface area contributed by atoms with Gasteiger partial charge in [-0.15, -0.1) is 0 Å². The average molecular weight is 286 g/mol. The molecule has 86 valence electrons. The molecule has 0 aliphatic carbocycles. The van der Waals surface area contributed by atoms with Gasteiger partial charge in [-0.25, -0.2) is 0 Å². The highest BCUT2D eigenvalue weighted by molar-refractivity contribution is 9.10. The van der Waals surface area contributed by atoms with E-state index in [1.807, 2.05) is 0 Å². The Morgan fingerprint density at radius 3 is 2.94 bits per heavy atom. The number of aliphatic hydroxyl groups is 1. The number of carbonyl (C=O) groups is 1. The van der Waals surface area contributed by atoms with Crippen LogP contribution in [-0.4, -0.2) is 35.6 Å². The molecule has 2 heterocycles. The van der Waals surface area contributed by atoms with Crippen molar-refractivity contribution >= 4 is 27.9 Å². The number of likely N-dealkylation sites (tertiary alicyclic amines) is 1. The summed E-state index contributed by atoms with van der Waals surface area (Å²) in [5.74, 6) is 0.840. The molecule has 0 atom stereocenters. The van der Waals surface area contributed by atoms with Crippen LogP contribution in [0.4, 0.5) is 0 Å². The molecule has 4 nitrogen and oxygen atoms in total. The second kappa shape index (κ2) is 4.84. The zero-order chi connectivity index (χ0) is 11.5. The Balaban J connectivity index is 1.86. The summed E-state index contributed by atoms with van der Waals surface area (Å²) >= 11 is 3.19. The first-order valence-corrected chi connectivity index (χ1v) is 5.81. The van der Waals surface area contributed by atoms with Crippen molar-refractivity contribution in [3.8, 4) is 0 Å². The van der Waals surface area contributed by atoms with Gasteiger partial charge in [-0.3, -0.25) is 4.79 Å². The molecule has 0 spiro atoms. The molecule has 1 fully saturated rings. The highest BCUT2D eigenvalue weighted by Crippen LogP contribution is 2.17.